The summed E-state index contributed by atoms with van der Waals surface area (Å²) in [7, 11) is 0. The molecule has 1 N–H and O–H groups in total. The monoisotopic (exact) mass is 266 g/mol. The van der Waals surface area contributed by atoms with E-state index in [1.165, 1.54) is 51.4 Å². The van der Waals surface area contributed by atoms with Crippen molar-refractivity contribution in [2.45, 2.75) is 84.0 Å². The van der Waals surface area contributed by atoms with Gasteiger partial charge in [0.05, 0.1) is 0 Å². The van der Waals surface area contributed by atoms with E-state index in [0.717, 1.165) is 12.8 Å². The van der Waals surface area contributed by atoms with Gasteiger partial charge in [0.1, 0.15) is 0 Å². The lowest BCUT2D eigenvalue weighted by Gasteiger charge is -2.11. The summed E-state index contributed by atoms with van der Waals surface area (Å²) in [6.45, 7) is 2.24. The first-order valence-electron chi connectivity index (χ1n) is 7.86. The molecule has 0 radical (unpaired) electrons. The number of carbonyl (C=O) groups is 1. The summed E-state index contributed by atoms with van der Waals surface area (Å²) in [5.41, 5.74) is 0. The number of unbranched alkanes of at least 4 members (excludes halogenated alkanes) is 8. The fraction of sp³-hybridized carbons (Fsp3) is 0.824. The van der Waals surface area contributed by atoms with Crippen molar-refractivity contribution in [2.24, 2.45) is 5.92 Å². The largest absolute Gasteiger partial charge is 0.481 e. The predicted molar refractivity (Wildman–Crippen MR) is 81.0 cm³/mol. The molecule has 19 heavy (non-hydrogen) atoms. The Morgan fingerprint density at radius 3 is 2.05 bits per heavy atom. The highest BCUT2D eigenvalue weighted by atomic mass is 16.4. The number of carboxylic acids is 1. The molecule has 1 unspecified atom stereocenters. The average Bonchev–Trinajstić information content (AvgIpc) is 2.36. The van der Waals surface area contributed by atoms with Crippen molar-refractivity contribution in [3.63, 3.8) is 0 Å². The van der Waals surface area contributed by atoms with Gasteiger partial charge in [-0.25, -0.2) is 0 Å². The van der Waals surface area contributed by atoms with Crippen LogP contribution in [0.15, 0.2) is 0 Å². The normalized spacial score (nSPS) is 12.0. The van der Waals surface area contributed by atoms with E-state index in [1.807, 2.05) is 0 Å². The lowest BCUT2D eigenvalue weighted by molar-refractivity contribution is -0.138. The zero-order valence-corrected chi connectivity index (χ0v) is 12.5. The summed E-state index contributed by atoms with van der Waals surface area (Å²) in [5.74, 6) is 2.04. The molecule has 0 fully saturated rings. The highest BCUT2D eigenvalue weighted by molar-refractivity contribution is 5.67. The Morgan fingerprint density at radius 1 is 1.05 bits per heavy atom. The van der Waals surface area contributed by atoms with E-state index in [-0.39, 0.29) is 12.3 Å². The van der Waals surface area contributed by atoms with E-state index in [9.17, 15) is 4.79 Å². The van der Waals surface area contributed by atoms with E-state index in [2.05, 4.69) is 12.8 Å². The first-order valence-corrected chi connectivity index (χ1v) is 7.86. The third-order valence-electron chi connectivity index (χ3n) is 3.59. The molecular formula is C17H30O2. The number of terminal acetylenes is 1. The van der Waals surface area contributed by atoms with Crippen molar-refractivity contribution in [2.75, 3.05) is 0 Å². The van der Waals surface area contributed by atoms with Crippen LogP contribution < -0.4 is 0 Å². The number of hydrogen-bond acceptors (Lipinski definition) is 1. The molecule has 0 aromatic carbocycles. The first kappa shape index (κ1) is 18.0. The maximum absolute atomic E-state index is 10.7. The zero-order valence-electron chi connectivity index (χ0n) is 12.5. The molecule has 0 heterocycles. The molecule has 0 aliphatic heterocycles. The van der Waals surface area contributed by atoms with Gasteiger partial charge in [0.15, 0.2) is 0 Å². The van der Waals surface area contributed by atoms with Gasteiger partial charge >= 0.3 is 5.97 Å². The molecule has 0 saturated heterocycles. The average molecular weight is 266 g/mol. The van der Waals surface area contributed by atoms with Crippen LogP contribution in [0.3, 0.4) is 0 Å². The molecule has 0 bridgehead atoms. The van der Waals surface area contributed by atoms with Gasteiger partial charge in [0.2, 0.25) is 0 Å². The summed E-state index contributed by atoms with van der Waals surface area (Å²) in [5, 5.41) is 8.79. The van der Waals surface area contributed by atoms with E-state index < -0.39 is 5.97 Å². The summed E-state index contributed by atoms with van der Waals surface area (Å²) >= 11 is 0. The minimum atomic E-state index is -0.726. The van der Waals surface area contributed by atoms with Gasteiger partial charge in [-0.3, -0.25) is 4.79 Å². The number of carboxylic acid groups (broad SMARTS) is 1. The van der Waals surface area contributed by atoms with Crippen LogP contribution >= 0.6 is 0 Å². The molecule has 2 nitrogen and oxygen atoms in total. The Bertz CT molecular complexity index is 252. The van der Waals surface area contributed by atoms with Crippen LogP contribution in [0.25, 0.3) is 0 Å². The number of aliphatic carboxylic acids is 1. The van der Waals surface area contributed by atoms with Crippen LogP contribution in [0.5, 0.6) is 0 Å². The molecular weight excluding hydrogens is 236 g/mol. The quantitative estimate of drug-likeness (QED) is 0.375. The highest BCUT2D eigenvalue weighted by Gasteiger charge is 2.11. The molecule has 2 heteroatoms. The van der Waals surface area contributed by atoms with E-state index in [0.29, 0.717) is 6.42 Å². The van der Waals surface area contributed by atoms with Crippen LogP contribution in [0, 0.1) is 18.3 Å². The molecule has 0 amide bonds. The second kappa shape index (κ2) is 13.5. The molecule has 0 aromatic heterocycles. The van der Waals surface area contributed by atoms with E-state index in [1.54, 1.807) is 0 Å². The van der Waals surface area contributed by atoms with Gasteiger partial charge in [0.25, 0.3) is 0 Å². The van der Waals surface area contributed by atoms with Crippen LogP contribution in [0.4, 0.5) is 0 Å². The lowest BCUT2D eigenvalue weighted by atomic mass is 9.94. The van der Waals surface area contributed by atoms with E-state index in [4.69, 9.17) is 11.5 Å². The summed E-state index contributed by atoms with van der Waals surface area (Å²) in [4.78, 5) is 10.7. The van der Waals surface area contributed by atoms with Crippen LogP contribution in [0.2, 0.25) is 0 Å². The van der Waals surface area contributed by atoms with Gasteiger partial charge in [-0.05, 0) is 12.3 Å². The molecule has 1 atom stereocenters. The molecule has 0 rings (SSSR count). The summed E-state index contributed by atoms with van der Waals surface area (Å²) in [6.07, 6.45) is 18.8. The van der Waals surface area contributed by atoms with Crippen molar-refractivity contribution in [1.82, 2.24) is 0 Å². The minimum Gasteiger partial charge on any atom is -0.481 e. The SMILES string of the molecule is C#CCC(CCCCCCCCCCC)CC(=O)O. The van der Waals surface area contributed by atoms with Gasteiger partial charge in [-0.2, -0.15) is 0 Å². The van der Waals surface area contributed by atoms with E-state index >= 15 is 0 Å². The van der Waals surface area contributed by atoms with Crippen molar-refractivity contribution in [3.05, 3.63) is 0 Å². The summed E-state index contributed by atoms with van der Waals surface area (Å²) < 4.78 is 0. The van der Waals surface area contributed by atoms with Crippen LogP contribution in [-0.2, 0) is 4.79 Å². The zero-order chi connectivity index (χ0) is 14.3. The Morgan fingerprint density at radius 2 is 1.58 bits per heavy atom. The Labute approximate surface area is 119 Å². The van der Waals surface area contributed by atoms with Crippen molar-refractivity contribution >= 4 is 5.97 Å². The second-order valence-corrected chi connectivity index (χ2v) is 5.49. The summed E-state index contributed by atoms with van der Waals surface area (Å²) in [6, 6.07) is 0. The molecule has 110 valence electrons. The predicted octanol–water partition coefficient (Wildman–Crippen LogP) is 5.02. The van der Waals surface area contributed by atoms with Gasteiger partial charge < -0.3 is 5.11 Å². The maximum Gasteiger partial charge on any atom is 0.303 e. The third-order valence-corrected chi connectivity index (χ3v) is 3.59. The Kier molecular flexibility index (Phi) is 12.8. The number of hydrogen-bond donors (Lipinski definition) is 1. The Balaban J connectivity index is 3.40. The molecule has 0 aliphatic rings. The van der Waals surface area contributed by atoms with Crippen molar-refractivity contribution < 1.29 is 9.90 Å². The second-order valence-electron chi connectivity index (χ2n) is 5.49. The Hall–Kier alpha value is -0.970. The minimum absolute atomic E-state index is 0.173. The highest BCUT2D eigenvalue weighted by Crippen LogP contribution is 2.18. The molecule has 0 aromatic rings. The standard InChI is InChI=1S/C17H30O2/c1-3-5-6-7-8-9-10-11-12-14-16(13-4-2)15-17(18)19/h2,16H,3,5-15H2,1H3,(H,18,19). The van der Waals surface area contributed by atoms with Crippen LogP contribution in [-0.4, -0.2) is 11.1 Å². The topological polar surface area (TPSA) is 37.3 Å². The lowest BCUT2D eigenvalue weighted by Crippen LogP contribution is -2.07. The molecule has 0 aliphatic carbocycles. The van der Waals surface area contributed by atoms with Gasteiger partial charge in [0, 0.05) is 12.8 Å². The van der Waals surface area contributed by atoms with Crippen molar-refractivity contribution in [3.8, 4) is 12.3 Å². The first-order chi connectivity index (χ1) is 9.20. The maximum atomic E-state index is 10.7. The van der Waals surface area contributed by atoms with Crippen LogP contribution in [0.1, 0.15) is 84.0 Å². The fourth-order valence-corrected chi connectivity index (χ4v) is 2.43. The number of rotatable bonds is 13. The van der Waals surface area contributed by atoms with Gasteiger partial charge in [-0.15, -0.1) is 12.3 Å². The van der Waals surface area contributed by atoms with Crippen molar-refractivity contribution in [1.29, 1.82) is 0 Å². The third kappa shape index (κ3) is 13.3. The molecule has 0 saturated carbocycles. The fourth-order valence-electron chi connectivity index (χ4n) is 2.43. The smallest absolute Gasteiger partial charge is 0.303 e. The van der Waals surface area contributed by atoms with Gasteiger partial charge in [-0.1, -0.05) is 64.7 Å². The molecule has 0 spiro atoms.